The molecule has 0 saturated carbocycles. The van der Waals surface area contributed by atoms with Gasteiger partial charge in [0.25, 0.3) is 0 Å². The Labute approximate surface area is 131 Å². The number of nitrogens with zero attached hydrogens (tertiary/aromatic N) is 2. The number of hydrogen-bond acceptors (Lipinski definition) is 4. The highest BCUT2D eigenvalue weighted by Gasteiger charge is 1.94. The van der Waals surface area contributed by atoms with E-state index in [0.29, 0.717) is 0 Å². The van der Waals surface area contributed by atoms with E-state index in [-0.39, 0.29) is 0 Å². The fourth-order valence-electron chi connectivity index (χ4n) is 1.61. The summed E-state index contributed by atoms with van der Waals surface area (Å²) in [5.41, 5.74) is 8.10. The smallest absolute Gasteiger partial charge is 0.0859 e. The second-order valence-corrected chi connectivity index (χ2v) is 4.46. The van der Waals surface area contributed by atoms with E-state index in [0.717, 1.165) is 11.4 Å². The number of nitrogens with one attached hydrogen (secondary N) is 2. The van der Waals surface area contributed by atoms with Crippen molar-refractivity contribution in [1.82, 2.24) is 10.4 Å². The Balaban J connectivity index is 0.000000219. The van der Waals surface area contributed by atoms with E-state index in [2.05, 4.69) is 52.1 Å². The van der Waals surface area contributed by atoms with Crippen LogP contribution in [0.3, 0.4) is 0 Å². The lowest BCUT2D eigenvalue weighted by Crippen LogP contribution is -2.06. The Morgan fingerprint density at radius 1 is 1.19 bits per heavy atom. The van der Waals surface area contributed by atoms with Gasteiger partial charge in [0.1, 0.15) is 0 Å². The van der Waals surface area contributed by atoms with E-state index < -0.39 is 0 Å². The third-order valence-corrected chi connectivity index (χ3v) is 2.84. The molecule has 0 bridgehead atoms. The number of aryl methyl sites for hydroxylation is 1. The minimum atomic E-state index is 0.816. The third-order valence-electron chi connectivity index (χ3n) is 2.73. The maximum absolute atomic E-state index is 4.56. The van der Waals surface area contributed by atoms with Crippen LogP contribution < -0.4 is 10.7 Å². The van der Waals surface area contributed by atoms with Crippen molar-refractivity contribution in [3.63, 3.8) is 0 Å². The average Bonchev–Trinajstić information content (AvgIpc) is 2.54. The van der Waals surface area contributed by atoms with Crippen molar-refractivity contribution >= 4 is 29.1 Å². The van der Waals surface area contributed by atoms with Gasteiger partial charge >= 0.3 is 0 Å². The van der Waals surface area contributed by atoms with Gasteiger partial charge in [-0.3, -0.25) is 10.4 Å². The van der Waals surface area contributed by atoms with Crippen LogP contribution in [0.25, 0.3) is 0 Å². The van der Waals surface area contributed by atoms with Gasteiger partial charge in [-0.2, -0.15) is 5.10 Å². The van der Waals surface area contributed by atoms with E-state index in [1.54, 1.807) is 6.20 Å². The normalized spacial score (nSPS) is 10.1. The number of hydrazone groups is 1. The SMILES string of the molecule is CC(=NNC=S)c1ccccn1.CNc1ccccc1C. The number of thiocarbonyl (C=S) groups is 1. The zero-order valence-corrected chi connectivity index (χ0v) is 13.3. The van der Waals surface area contributed by atoms with Crippen molar-refractivity contribution in [2.45, 2.75) is 13.8 Å². The molecule has 0 amide bonds. The standard InChI is InChI=1S/C8H9N3S.C8H11N/c1-7(11-10-6-12)8-4-2-3-5-9-8;1-7-5-3-4-6-8(7)9-2/h2-6H,1H3,(H,10,12);3-6,9H,1-2H3. The lowest BCUT2D eigenvalue weighted by Gasteiger charge is -2.01. The van der Waals surface area contributed by atoms with Crippen molar-refractivity contribution < 1.29 is 0 Å². The summed E-state index contributed by atoms with van der Waals surface area (Å²) >= 11 is 4.56. The molecule has 2 rings (SSSR count). The van der Waals surface area contributed by atoms with Crippen molar-refractivity contribution in [2.75, 3.05) is 12.4 Å². The Hall–Kier alpha value is -2.27. The Kier molecular flexibility index (Phi) is 7.68. The largest absolute Gasteiger partial charge is 0.388 e. The minimum absolute atomic E-state index is 0.816. The van der Waals surface area contributed by atoms with E-state index in [1.165, 1.54) is 16.7 Å². The molecule has 21 heavy (non-hydrogen) atoms. The first-order valence-electron chi connectivity index (χ1n) is 6.57. The summed E-state index contributed by atoms with van der Waals surface area (Å²) in [4.78, 5) is 4.11. The lowest BCUT2D eigenvalue weighted by atomic mass is 10.2. The zero-order chi connectivity index (χ0) is 15.5. The number of anilines is 1. The second kappa shape index (κ2) is 9.61. The molecular weight excluding hydrogens is 280 g/mol. The van der Waals surface area contributed by atoms with Crippen LogP contribution in [0.2, 0.25) is 0 Å². The maximum Gasteiger partial charge on any atom is 0.0859 e. The van der Waals surface area contributed by atoms with Crippen molar-refractivity contribution in [2.24, 2.45) is 5.10 Å². The molecule has 110 valence electrons. The van der Waals surface area contributed by atoms with Gasteiger partial charge in [0.05, 0.1) is 16.9 Å². The molecule has 1 aromatic carbocycles. The van der Waals surface area contributed by atoms with E-state index in [9.17, 15) is 0 Å². The molecular formula is C16H20N4S. The highest BCUT2D eigenvalue weighted by atomic mass is 32.1. The van der Waals surface area contributed by atoms with Gasteiger partial charge < -0.3 is 5.32 Å². The summed E-state index contributed by atoms with van der Waals surface area (Å²) in [7, 11) is 1.93. The summed E-state index contributed by atoms with van der Waals surface area (Å²) in [6, 6.07) is 13.9. The van der Waals surface area contributed by atoms with Crippen LogP contribution >= 0.6 is 12.2 Å². The Morgan fingerprint density at radius 3 is 2.43 bits per heavy atom. The van der Waals surface area contributed by atoms with E-state index >= 15 is 0 Å². The fourth-order valence-corrected chi connectivity index (χ4v) is 1.66. The van der Waals surface area contributed by atoms with Gasteiger partial charge in [0.15, 0.2) is 0 Å². The number of benzene rings is 1. The van der Waals surface area contributed by atoms with E-state index in [4.69, 9.17) is 0 Å². The van der Waals surface area contributed by atoms with Crippen molar-refractivity contribution in [3.8, 4) is 0 Å². The summed E-state index contributed by atoms with van der Waals surface area (Å²) in [6.45, 7) is 3.96. The Morgan fingerprint density at radius 2 is 1.90 bits per heavy atom. The number of aromatic nitrogens is 1. The van der Waals surface area contributed by atoms with Crippen LogP contribution in [0.5, 0.6) is 0 Å². The molecule has 1 heterocycles. The van der Waals surface area contributed by atoms with Crippen molar-refractivity contribution in [3.05, 3.63) is 59.9 Å². The highest BCUT2D eigenvalue weighted by Crippen LogP contribution is 2.10. The molecule has 0 spiro atoms. The molecule has 1 aromatic heterocycles. The van der Waals surface area contributed by atoms with Gasteiger partial charge in [0.2, 0.25) is 0 Å². The molecule has 0 aliphatic heterocycles. The predicted octanol–water partition coefficient (Wildman–Crippen LogP) is 3.39. The number of para-hydroxylation sites is 1. The first-order valence-corrected chi connectivity index (χ1v) is 7.04. The lowest BCUT2D eigenvalue weighted by molar-refractivity contribution is 1.06. The quantitative estimate of drug-likeness (QED) is 0.516. The summed E-state index contributed by atoms with van der Waals surface area (Å²) in [6.07, 6.45) is 1.73. The Bertz CT molecular complexity index is 582. The van der Waals surface area contributed by atoms with Crippen LogP contribution in [0.4, 0.5) is 5.69 Å². The molecule has 4 nitrogen and oxygen atoms in total. The molecule has 0 aliphatic carbocycles. The molecule has 0 aliphatic rings. The van der Waals surface area contributed by atoms with Crippen molar-refractivity contribution in [1.29, 1.82) is 0 Å². The molecule has 5 heteroatoms. The predicted molar refractivity (Wildman–Crippen MR) is 94.0 cm³/mol. The minimum Gasteiger partial charge on any atom is -0.388 e. The molecule has 2 N–H and O–H groups in total. The van der Waals surface area contributed by atoms with E-state index in [1.807, 2.05) is 44.3 Å². The fraction of sp³-hybridized carbons (Fsp3) is 0.188. The maximum atomic E-state index is 4.56. The highest BCUT2D eigenvalue weighted by molar-refractivity contribution is 7.78. The summed E-state index contributed by atoms with van der Waals surface area (Å²) in [5.74, 6) is 0. The monoisotopic (exact) mass is 300 g/mol. The van der Waals surface area contributed by atoms with Gasteiger partial charge in [-0.25, -0.2) is 0 Å². The number of hydrogen-bond donors (Lipinski definition) is 2. The first kappa shape index (κ1) is 16.8. The topological polar surface area (TPSA) is 49.3 Å². The van der Waals surface area contributed by atoms with Gasteiger partial charge in [-0.15, -0.1) is 0 Å². The summed E-state index contributed by atoms with van der Waals surface area (Å²) < 4.78 is 0. The number of rotatable bonds is 4. The zero-order valence-electron chi connectivity index (χ0n) is 12.5. The molecule has 0 atom stereocenters. The molecule has 0 unspecified atom stereocenters. The molecule has 2 aromatic rings. The van der Waals surface area contributed by atoms with Crippen LogP contribution in [-0.2, 0) is 0 Å². The number of pyridine rings is 1. The molecule has 0 fully saturated rings. The van der Waals surface area contributed by atoms with Crippen LogP contribution in [0.1, 0.15) is 18.2 Å². The van der Waals surface area contributed by atoms with Crippen LogP contribution in [0, 0.1) is 6.92 Å². The van der Waals surface area contributed by atoms with Gasteiger partial charge in [-0.05, 0) is 37.6 Å². The van der Waals surface area contributed by atoms with Gasteiger partial charge in [0, 0.05) is 18.9 Å². The van der Waals surface area contributed by atoms with Crippen LogP contribution in [0.15, 0.2) is 53.8 Å². The average molecular weight is 300 g/mol. The summed E-state index contributed by atoms with van der Waals surface area (Å²) in [5, 5.41) is 7.05. The second-order valence-electron chi connectivity index (χ2n) is 4.22. The van der Waals surface area contributed by atoms with Crippen LogP contribution in [-0.4, -0.2) is 23.2 Å². The third kappa shape index (κ3) is 6.14. The molecule has 0 radical (unpaired) electrons. The first-order chi connectivity index (χ1) is 10.2. The van der Waals surface area contributed by atoms with Gasteiger partial charge in [-0.1, -0.05) is 36.5 Å². The molecule has 0 saturated heterocycles.